The Labute approximate surface area is 117 Å². The van der Waals surface area contributed by atoms with Crippen LogP contribution in [0.1, 0.15) is 23.6 Å². The first-order chi connectivity index (χ1) is 9.63. The van der Waals surface area contributed by atoms with Gasteiger partial charge in [-0.1, -0.05) is 24.3 Å². The number of hydrogen-bond donors (Lipinski definition) is 3. The van der Waals surface area contributed by atoms with Crippen LogP contribution in [0.3, 0.4) is 0 Å². The molecule has 1 aliphatic rings. The molecular weight excluding hydrogens is 256 g/mol. The van der Waals surface area contributed by atoms with Crippen molar-refractivity contribution >= 4 is 11.9 Å². The first kappa shape index (κ1) is 14.1. The fourth-order valence-corrected chi connectivity index (χ4v) is 2.31. The second-order valence-electron chi connectivity index (χ2n) is 4.64. The average molecular weight is 272 g/mol. The molecular formula is C15H16N2O3. The van der Waals surface area contributed by atoms with Gasteiger partial charge in [0.1, 0.15) is 12.1 Å². The summed E-state index contributed by atoms with van der Waals surface area (Å²) < 4.78 is 0. The van der Waals surface area contributed by atoms with Crippen molar-refractivity contribution in [3.8, 4) is 12.3 Å². The molecule has 3 N–H and O–H groups in total. The highest BCUT2D eigenvalue weighted by molar-refractivity contribution is 5.88. The molecule has 2 unspecified atom stereocenters. The van der Waals surface area contributed by atoms with Gasteiger partial charge in [-0.3, -0.25) is 4.79 Å². The number of carboxylic acid groups (broad SMARTS) is 1. The maximum Gasteiger partial charge on any atom is 0.327 e. The highest BCUT2D eigenvalue weighted by Crippen LogP contribution is 2.22. The Bertz CT molecular complexity index is 562. The van der Waals surface area contributed by atoms with Gasteiger partial charge >= 0.3 is 5.97 Å². The third-order valence-corrected chi connectivity index (χ3v) is 3.31. The second-order valence-corrected chi connectivity index (χ2v) is 4.64. The number of hydrogen-bond acceptors (Lipinski definition) is 3. The number of nitrogens with one attached hydrogen (secondary N) is 2. The van der Waals surface area contributed by atoms with Crippen molar-refractivity contribution in [2.75, 3.05) is 6.54 Å². The zero-order valence-electron chi connectivity index (χ0n) is 10.9. The smallest absolute Gasteiger partial charge is 0.327 e. The Balaban J connectivity index is 2.14. The van der Waals surface area contributed by atoms with E-state index in [-0.39, 0.29) is 12.3 Å². The number of amides is 1. The van der Waals surface area contributed by atoms with Crippen LogP contribution in [0.25, 0.3) is 0 Å². The van der Waals surface area contributed by atoms with Gasteiger partial charge in [-0.25, -0.2) is 4.79 Å². The monoisotopic (exact) mass is 272 g/mol. The molecule has 0 aliphatic carbocycles. The second kappa shape index (κ2) is 6.22. The van der Waals surface area contributed by atoms with Crippen molar-refractivity contribution in [1.82, 2.24) is 10.6 Å². The summed E-state index contributed by atoms with van der Waals surface area (Å²) in [5.74, 6) is 0.775. The van der Waals surface area contributed by atoms with Crippen LogP contribution in [-0.2, 0) is 16.0 Å². The van der Waals surface area contributed by atoms with Crippen LogP contribution < -0.4 is 10.6 Å². The first-order valence-electron chi connectivity index (χ1n) is 6.41. The van der Waals surface area contributed by atoms with Gasteiger partial charge in [0.25, 0.3) is 0 Å². The average Bonchev–Trinajstić information content (AvgIpc) is 2.46. The van der Waals surface area contributed by atoms with E-state index in [0.717, 1.165) is 17.5 Å². The lowest BCUT2D eigenvalue weighted by Gasteiger charge is -2.27. The van der Waals surface area contributed by atoms with E-state index in [0.29, 0.717) is 6.54 Å². The van der Waals surface area contributed by atoms with Crippen LogP contribution in [0.5, 0.6) is 0 Å². The first-order valence-corrected chi connectivity index (χ1v) is 6.41. The van der Waals surface area contributed by atoms with Crippen LogP contribution in [-0.4, -0.2) is 29.6 Å². The molecule has 5 nitrogen and oxygen atoms in total. The minimum atomic E-state index is -1.12. The van der Waals surface area contributed by atoms with Crippen LogP contribution in [0.15, 0.2) is 24.3 Å². The summed E-state index contributed by atoms with van der Waals surface area (Å²) in [5.41, 5.74) is 2.00. The van der Waals surface area contributed by atoms with Crippen molar-refractivity contribution in [1.29, 1.82) is 0 Å². The maximum atomic E-state index is 12.2. The summed E-state index contributed by atoms with van der Waals surface area (Å²) in [5, 5.41) is 14.6. The van der Waals surface area contributed by atoms with Crippen LogP contribution in [0.2, 0.25) is 0 Å². The van der Waals surface area contributed by atoms with E-state index < -0.39 is 18.1 Å². The van der Waals surface area contributed by atoms with E-state index in [1.807, 2.05) is 24.3 Å². The fourth-order valence-electron chi connectivity index (χ4n) is 2.31. The predicted molar refractivity (Wildman–Crippen MR) is 73.9 cm³/mol. The lowest BCUT2D eigenvalue weighted by Crippen LogP contribution is -2.47. The molecule has 1 aliphatic heterocycles. The van der Waals surface area contributed by atoms with Gasteiger partial charge in [-0.15, -0.1) is 12.3 Å². The molecule has 0 saturated carbocycles. The fraction of sp³-hybridized carbons (Fsp3) is 0.333. The normalized spacial score (nSPS) is 18.4. The van der Waals surface area contributed by atoms with Crippen molar-refractivity contribution in [2.45, 2.75) is 24.9 Å². The van der Waals surface area contributed by atoms with Crippen molar-refractivity contribution < 1.29 is 14.7 Å². The summed E-state index contributed by atoms with van der Waals surface area (Å²) in [6.45, 7) is 0.683. The van der Waals surface area contributed by atoms with Gasteiger partial charge in [-0.05, 0) is 17.5 Å². The molecule has 0 saturated heterocycles. The minimum Gasteiger partial charge on any atom is -0.480 e. The molecule has 0 aromatic heterocycles. The van der Waals surface area contributed by atoms with E-state index in [9.17, 15) is 9.59 Å². The SMILES string of the molecule is C#CCC(NC(=O)C1NCCc2ccccc21)C(=O)O. The molecule has 1 aromatic carbocycles. The highest BCUT2D eigenvalue weighted by atomic mass is 16.4. The molecule has 1 heterocycles. The number of carboxylic acids is 1. The Kier molecular flexibility index (Phi) is 4.38. The van der Waals surface area contributed by atoms with Gasteiger partial charge < -0.3 is 15.7 Å². The van der Waals surface area contributed by atoms with E-state index >= 15 is 0 Å². The Morgan fingerprint density at radius 3 is 2.95 bits per heavy atom. The largest absolute Gasteiger partial charge is 0.480 e. The van der Waals surface area contributed by atoms with E-state index in [1.54, 1.807) is 0 Å². The van der Waals surface area contributed by atoms with Crippen molar-refractivity contribution in [3.63, 3.8) is 0 Å². The summed E-state index contributed by atoms with van der Waals surface area (Å²) in [6.07, 6.45) is 5.94. The molecule has 20 heavy (non-hydrogen) atoms. The van der Waals surface area contributed by atoms with Crippen LogP contribution in [0, 0.1) is 12.3 Å². The number of benzene rings is 1. The van der Waals surface area contributed by atoms with E-state index in [2.05, 4.69) is 16.6 Å². The molecule has 2 rings (SSSR count). The van der Waals surface area contributed by atoms with Crippen LogP contribution in [0.4, 0.5) is 0 Å². The van der Waals surface area contributed by atoms with E-state index in [4.69, 9.17) is 11.5 Å². The third kappa shape index (κ3) is 2.98. The molecule has 0 radical (unpaired) electrons. The van der Waals surface area contributed by atoms with Gasteiger partial charge in [0.2, 0.25) is 5.91 Å². The lowest BCUT2D eigenvalue weighted by molar-refractivity contribution is -0.142. The summed E-state index contributed by atoms with van der Waals surface area (Å²) in [6, 6.07) is 6.07. The molecule has 2 atom stereocenters. The molecule has 1 amide bonds. The molecule has 5 heteroatoms. The zero-order valence-corrected chi connectivity index (χ0v) is 10.9. The standard InChI is InChI=1S/C15H16N2O3/c1-2-5-12(15(19)20)17-14(18)13-11-7-4-3-6-10(11)8-9-16-13/h1,3-4,6-7,12-13,16H,5,8-9H2,(H,17,18)(H,19,20). The molecule has 0 bridgehead atoms. The highest BCUT2D eigenvalue weighted by Gasteiger charge is 2.28. The maximum absolute atomic E-state index is 12.2. The van der Waals surface area contributed by atoms with Gasteiger partial charge in [0, 0.05) is 13.0 Å². The number of terminal acetylenes is 1. The number of rotatable bonds is 4. The van der Waals surface area contributed by atoms with E-state index in [1.165, 1.54) is 0 Å². The quantitative estimate of drug-likeness (QED) is 0.696. The Morgan fingerprint density at radius 1 is 1.50 bits per heavy atom. The molecule has 0 spiro atoms. The topological polar surface area (TPSA) is 78.4 Å². The summed E-state index contributed by atoms with van der Waals surface area (Å²) >= 11 is 0. The number of carbonyl (C=O) groups is 2. The Hall–Kier alpha value is -2.32. The Morgan fingerprint density at radius 2 is 2.25 bits per heavy atom. The van der Waals surface area contributed by atoms with Gasteiger partial charge in [-0.2, -0.15) is 0 Å². The van der Waals surface area contributed by atoms with Crippen LogP contribution >= 0.6 is 0 Å². The summed E-state index contributed by atoms with van der Waals surface area (Å²) in [7, 11) is 0. The number of aliphatic carboxylic acids is 1. The predicted octanol–water partition coefficient (Wildman–Crippen LogP) is 0.466. The van der Waals surface area contributed by atoms with Crippen molar-refractivity contribution in [2.24, 2.45) is 0 Å². The molecule has 0 fully saturated rings. The minimum absolute atomic E-state index is 0.0323. The third-order valence-electron chi connectivity index (χ3n) is 3.31. The zero-order chi connectivity index (χ0) is 14.5. The number of carbonyl (C=O) groups excluding carboxylic acids is 1. The summed E-state index contributed by atoms with van der Waals surface area (Å²) in [4.78, 5) is 23.3. The molecule has 104 valence electrons. The number of fused-ring (bicyclic) bond motifs is 1. The van der Waals surface area contributed by atoms with Crippen molar-refractivity contribution in [3.05, 3.63) is 35.4 Å². The van der Waals surface area contributed by atoms with Gasteiger partial charge in [0.15, 0.2) is 0 Å². The van der Waals surface area contributed by atoms with Gasteiger partial charge in [0.05, 0.1) is 0 Å². The molecule has 1 aromatic rings. The lowest BCUT2D eigenvalue weighted by atomic mass is 9.93.